The third-order valence-corrected chi connectivity index (χ3v) is 3.63. The SMILES string of the molecule is O=C(O)c1ccc2c(c1)N(Cc1ccc(O)cc1)CC2. The summed E-state index contributed by atoms with van der Waals surface area (Å²) in [5.74, 6) is -0.645. The van der Waals surface area contributed by atoms with E-state index in [9.17, 15) is 9.90 Å². The second kappa shape index (κ2) is 4.89. The smallest absolute Gasteiger partial charge is 0.335 e. The van der Waals surface area contributed by atoms with Crippen LogP contribution in [-0.4, -0.2) is 22.7 Å². The Morgan fingerprint density at radius 1 is 1.15 bits per heavy atom. The number of hydrogen-bond donors (Lipinski definition) is 2. The Kier molecular flexibility index (Phi) is 3.06. The number of benzene rings is 2. The number of aromatic carboxylic acids is 1. The summed E-state index contributed by atoms with van der Waals surface area (Å²) in [7, 11) is 0. The second-order valence-corrected chi connectivity index (χ2v) is 4.99. The number of carbonyl (C=O) groups is 1. The lowest BCUT2D eigenvalue weighted by Crippen LogP contribution is -2.19. The molecule has 20 heavy (non-hydrogen) atoms. The maximum absolute atomic E-state index is 11.1. The number of nitrogens with zero attached hydrogens (tertiary/aromatic N) is 1. The molecule has 0 radical (unpaired) electrons. The summed E-state index contributed by atoms with van der Waals surface area (Å²) in [6.45, 7) is 1.61. The van der Waals surface area contributed by atoms with Gasteiger partial charge < -0.3 is 15.1 Å². The molecule has 1 heterocycles. The van der Waals surface area contributed by atoms with E-state index in [2.05, 4.69) is 4.90 Å². The molecule has 1 aliphatic heterocycles. The first-order chi connectivity index (χ1) is 9.63. The Morgan fingerprint density at radius 3 is 2.60 bits per heavy atom. The minimum atomic E-state index is -0.899. The van der Waals surface area contributed by atoms with Crippen molar-refractivity contribution in [1.29, 1.82) is 0 Å². The lowest BCUT2D eigenvalue weighted by Gasteiger charge is -2.19. The fourth-order valence-corrected chi connectivity index (χ4v) is 2.56. The fourth-order valence-electron chi connectivity index (χ4n) is 2.56. The quantitative estimate of drug-likeness (QED) is 0.899. The summed E-state index contributed by atoms with van der Waals surface area (Å²) in [6, 6.07) is 12.4. The van der Waals surface area contributed by atoms with E-state index in [4.69, 9.17) is 5.11 Å². The van der Waals surface area contributed by atoms with Crippen molar-refractivity contribution < 1.29 is 15.0 Å². The number of anilines is 1. The minimum absolute atomic E-state index is 0.253. The van der Waals surface area contributed by atoms with Gasteiger partial charge in [0.15, 0.2) is 0 Å². The van der Waals surface area contributed by atoms with Gasteiger partial charge in [-0.3, -0.25) is 0 Å². The van der Waals surface area contributed by atoms with Crippen molar-refractivity contribution in [3.63, 3.8) is 0 Å². The summed E-state index contributed by atoms with van der Waals surface area (Å²) in [5.41, 5.74) is 3.60. The largest absolute Gasteiger partial charge is 0.508 e. The fraction of sp³-hybridized carbons (Fsp3) is 0.188. The molecule has 0 saturated carbocycles. The maximum atomic E-state index is 11.1. The number of phenols is 1. The van der Waals surface area contributed by atoms with E-state index in [1.54, 1.807) is 24.3 Å². The van der Waals surface area contributed by atoms with Gasteiger partial charge in [-0.1, -0.05) is 18.2 Å². The van der Waals surface area contributed by atoms with Crippen LogP contribution in [0.4, 0.5) is 5.69 Å². The highest BCUT2D eigenvalue weighted by Crippen LogP contribution is 2.30. The van der Waals surface area contributed by atoms with Crippen LogP contribution >= 0.6 is 0 Å². The van der Waals surface area contributed by atoms with E-state index in [0.29, 0.717) is 5.56 Å². The lowest BCUT2D eigenvalue weighted by atomic mass is 10.1. The van der Waals surface area contributed by atoms with Crippen molar-refractivity contribution in [2.24, 2.45) is 0 Å². The highest BCUT2D eigenvalue weighted by Gasteiger charge is 2.20. The van der Waals surface area contributed by atoms with Crippen LogP contribution in [-0.2, 0) is 13.0 Å². The van der Waals surface area contributed by atoms with Crippen LogP contribution in [0.1, 0.15) is 21.5 Å². The van der Waals surface area contributed by atoms with Crippen LogP contribution in [0.5, 0.6) is 5.75 Å². The standard InChI is InChI=1S/C16H15NO3/c18-14-5-1-11(2-6-14)10-17-8-7-12-3-4-13(16(19)20)9-15(12)17/h1-6,9,18H,7-8,10H2,(H,19,20). The number of phenolic OH excluding ortho intramolecular Hbond substituents is 1. The summed E-state index contributed by atoms with van der Waals surface area (Å²) in [6.07, 6.45) is 0.938. The minimum Gasteiger partial charge on any atom is -0.508 e. The highest BCUT2D eigenvalue weighted by molar-refractivity contribution is 5.89. The molecule has 102 valence electrons. The van der Waals surface area contributed by atoms with E-state index < -0.39 is 5.97 Å². The molecule has 4 nitrogen and oxygen atoms in total. The van der Waals surface area contributed by atoms with Gasteiger partial charge in [0.1, 0.15) is 5.75 Å². The van der Waals surface area contributed by atoms with Crippen molar-refractivity contribution in [2.75, 3.05) is 11.4 Å². The average Bonchev–Trinajstić information content (AvgIpc) is 2.84. The molecule has 0 amide bonds. The second-order valence-electron chi connectivity index (χ2n) is 4.99. The van der Waals surface area contributed by atoms with Gasteiger partial charge in [-0.05, 0) is 41.8 Å². The van der Waals surface area contributed by atoms with Crippen LogP contribution in [0.25, 0.3) is 0 Å². The molecule has 0 fully saturated rings. The van der Waals surface area contributed by atoms with Crippen molar-refractivity contribution >= 4 is 11.7 Å². The molecule has 0 atom stereocenters. The lowest BCUT2D eigenvalue weighted by molar-refractivity contribution is 0.0697. The zero-order valence-electron chi connectivity index (χ0n) is 10.9. The van der Waals surface area contributed by atoms with E-state index >= 15 is 0 Å². The van der Waals surface area contributed by atoms with Crippen molar-refractivity contribution in [2.45, 2.75) is 13.0 Å². The first-order valence-corrected chi connectivity index (χ1v) is 6.52. The number of aromatic hydroxyl groups is 1. The Hall–Kier alpha value is -2.49. The van der Waals surface area contributed by atoms with Gasteiger partial charge in [-0.15, -0.1) is 0 Å². The molecule has 0 bridgehead atoms. The number of carboxylic acid groups (broad SMARTS) is 1. The molecule has 0 saturated heterocycles. The summed E-state index contributed by atoms with van der Waals surface area (Å²) in [5, 5.41) is 18.4. The predicted octanol–water partition coefficient (Wildman–Crippen LogP) is 2.65. The van der Waals surface area contributed by atoms with Gasteiger partial charge in [0.2, 0.25) is 0 Å². The van der Waals surface area contributed by atoms with Gasteiger partial charge in [0, 0.05) is 18.8 Å². The zero-order valence-corrected chi connectivity index (χ0v) is 10.9. The Bertz CT molecular complexity index is 649. The number of carboxylic acids is 1. The Morgan fingerprint density at radius 2 is 1.90 bits per heavy atom. The van der Waals surface area contributed by atoms with Gasteiger partial charge in [0.05, 0.1) is 5.56 Å². The third kappa shape index (κ3) is 2.32. The third-order valence-electron chi connectivity index (χ3n) is 3.63. The van der Waals surface area contributed by atoms with E-state index in [1.165, 1.54) is 5.56 Å². The Balaban J connectivity index is 1.86. The number of fused-ring (bicyclic) bond motifs is 1. The van der Waals surface area contributed by atoms with Crippen LogP contribution in [0.3, 0.4) is 0 Å². The van der Waals surface area contributed by atoms with Crippen LogP contribution in [0, 0.1) is 0 Å². The van der Waals surface area contributed by atoms with Crippen LogP contribution in [0.15, 0.2) is 42.5 Å². The molecule has 2 N–H and O–H groups in total. The van der Waals surface area contributed by atoms with Crippen LogP contribution < -0.4 is 4.90 Å². The molecular weight excluding hydrogens is 254 g/mol. The maximum Gasteiger partial charge on any atom is 0.335 e. The van der Waals surface area contributed by atoms with Crippen molar-refractivity contribution in [1.82, 2.24) is 0 Å². The molecule has 2 aromatic carbocycles. The van der Waals surface area contributed by atoms with E-state index in [0.717, 1.165) is 30.8 Å². The van der Waals surface area contributed by atoms with Crippen molar-refractivity contribution in [3.05, 3.63) is 59.2 Å². The highest BCUT2D eigenvalue weighted by atomic mass is 16.4. The topological polar surface area (TPSA) is 60.8 Å². The normalized spacial score (nSPS) is 13.3. The molecule has 1 aliphatic rings. The van der Waals surface area contributed by atoms with E-state index in [1.807, 2.05) is 18.2 Å². The molecule has 0 unspecified atom stereocenters. The molecule has 4 heteroatoms. The summed E-state index contributed by atoms with van der Waals surface area (Å²) < 4.78 is 0. The molecule has 0 aliphatic carbocycles. The van der Waals surface area contributed by atoms with Gasteiger partial charge in [-0.25, -0.2) is 4.79 Å². The average molecular weight is 269 g/mol. The molecule has 3 rings (SSSR count). The molecular formula is C16H15NO3. The molecule has 2 aromatic rings. The number of rotatable bonds is 3. The monoisotopic (exact) mass is 269 g/mol. The summed E-state index contributed by atoms with van der Waals surface area (Å²) >= 11 is 0. The predicted molar refractivity (Wildman–Crippen MR) is 76.3 cm³/mol. The Labute approximate surface area is 116 Å². The zero-order chi connectivity index (χ0) is 14.1. The number of hydrogen-bond acceptors (Lipinski definition) is 3. The van der Waals surface area contributed by atoms with Gasteiger partial charge in [0.25, 0.3) is 0 Å². The molecule has 0 aromatic heterocycles. The first kappa shape index (κ1) is 12.5. The van der Waals surface area contributed by atoms with Gasteiger partial charge >= 0.3 is 5.97 Å². The first-order valence-electron chi connectivity index (χ1n) is 6.52. The van der Waals surface area contributed by atoms with Gasteiger partial charge in [-0.2, -0.15) is 0 Å². The van der Waals surface area contributed by atoms with Crippen LogP contribution in [0.2, 0.25) is 0 Å². The van der Waals surface area contributed by atoms with E-state index in [-0.39, 0.29) is 5.75 Å². The molecule has 0 spiro atoms. The van der Waals surface area contributed by atoms with Crippen molar-refractivity contribution in [3.8, 4) is 5.75 Å². The summed E-state index contributed by atoms with van der Waals surface area (Å²) in [4.78, 5) is 13.2.